The van der Waals surface area contributed by atoms with E-state index < -0.39 is 0 Å². The van der Waals surface area contributed by atoms with Crippen LogP contribution >= 0.6 is 0 Å². The van der Waals surface area contributed by atoms with Gasteiger partial charge in [-0.25, -0.2) is 0 Å². The van der Waals surface area contributed by atoms with Gasteiger partial charge < -0.3 is 15.8 Å². The normalized spacial score (nSPS) is 11.2. The second kappa shape index (κ2) is 5.75. The average molecular weight is 222 g/mol. The van der Waals surface area contributed by atoms with E-state index in [9.17, 15) is 0 Å². The maximum atomic E-state index is 5.90. The van der Waals surface area contributed by atoms with Crippen molar-refractivity contribution in [3.63, 3.8) is 0 Å². The van der Waals surface area contributed by atoms with Gasteiger partial charge in [0, 0.05) is 17.8 Å². The van der Waals surface area contributed by atoms with Crippen LogP contribution in [0.3, 0.4) is 0 Å². The lowest BCUT2D eigenvalue weighted by atomic mass is 10.0. The van der Waals surface area contributed by atoms with Crippen LogP contribution in [0.4, 0.5) is 5.69 Å². The molecule has 1 aromatic carbocycles. The van der Waals surface area contributed by atoms with Crippen LogP contribution in [0, 0.1) is 0 Å². The molecule has 0 atom stereocenters. The molecule has 0 spiro atoms. The summed E-state index contributed by atoms with van der Waals surface area (Å²) in [5.41, 5.74) is 6.89. The topological polar surface area (TPSA) is 47.3 Å². The van der Waals surface area contributed by atoms with Crippen molar-refractivity contribution in [2.24, 2.45) is 5.73 Å². The molecule has 90 valence electrons. The molecule has 0 aliphatic rings. The molecular formula is C13H22N2O. The number of nitrogens with one attached hydrogen (secondary N) is 1. The molecule has 0 heterocycles. The highest BCUT2D eigenvalue weighted by molar-refractivity contribution is 5.46. The van der Waals surface area contributed by atoms with E-state index in [2.05, 4.69) is 5.32 Å². The van der Waals surface area contributed by atoms with E-state index in [-0.39, 0.29) is 5.54 Å². The van der Waals surface area contributed by atoms with Crippen molar-refractivity contribution in [3.8, 4) is 5.75 Å². The van der Waals surface area contributed by atoms with Gasteiger partial charge in [-0.15, -0.1) is 0 Å². The zero-order chi connectivity index (χ0) is 12.0. The maximum absolute atomic E-state index is 5.90. The first-order chi connectivity index (χ1) is 7.51. The molecule has 0 amide bonds. The van der Waals surface area contributed by atoms with E-state index in [1.807, 2.05) is 45.0 Å². The highest BCUT2D eigenvalue weighted by Crippen LogP contribution is 2.16. The molecular weight excluding hydrogens is 200 g/mol. The summed E-state index contributed by atoms with van der Waals surface area (Å²) in [4.78, 5) is 0. The highest BCUT2D eigenvalue weighted by atomic mass is 16.5. The molecule has 16 heavy (non-hydrogen) atoms. The van der Waals surface area contributed by atoms with Crippen molar-refractivity contribution in [1.82, 2.24) is 0 Å². The molecule has 3 N–H and O–H groups in total. The van der Waals surface area contributed by atoms with Gasteiger partial charge in [-0.05, 0) is 51.5 Å². The quantitative estimate of drug-likeness (QED) is 0.778. The number of nitrogens with two attached hydrogens (primary N) is 1. The maximum Gasteiger partial charge on any atom is 0.119 e. The van der Waals surface area contributed by atoms with E-state index >= 15 is 0 Å². The molecule has 0 unspecified atom stereocenters. The summed E-state index contributed by atoms with van der Waals surface area (Å²) in [6, 6.07) is 7.99. The predicted molar refractivity (Wildman–Crippen MR) is 69.0 cm³/mol. The average Bonchev–Trinajstić information content (AvgIpc) is 2.19. The van der Waals surface area contributed by atoms with Crippen LogP contribution in [0.2, 0.25) is 0 Å². The highest BCUT2D eigenvalue weighted by Gasteiger charge is 2.09. The third-order valence-electron chi connectivity index (χ3n) is 2.26. The summed E-state index contributed by atoms with van der Waals surface area (Å²) in [5, 5.41) is 3.33. The monoisotopic (exact) mass is 222 g/mol. The minimum atomic E-state index is -0.113. The SMILES string of the molecule is CCOc1ccc(NCCC(C)(C)N)cc1. The lowest BCUT2D eigenvalue weighted by Gasteiger charge is -2.18. The fourth-order valence-corrected chi connectivity index (χ4v) is 1.36. The number of benzene rings is 1. The summed E-state index contributed by atoms with van der Waals surface area (Å²) in [6.07, 6.45) is 0.945. The van der Waals surface area contributed by atoms with Crippen molar-refractivity contribution in [2.75, 3.05) is 18.5 Å². The van der Waals surface area contributed by atoms with Gasteiger partial charge in [0.1, 0.15) is 5.75 Å². The Kier molecular flexibility index (Phi) is 4.62. The minimum Gasteiger partial charge on any atom is -0.494 e. The Hall–Kier alpha value is -1.22. The van der Waals surface area contributed by atoms with Crippen molar-refractivity contribution in [2.45, 2.75) is 32.7 Å². The van der Waals surface area contributed by atoms with Crippen LogP contribution in [0.15, 0.2) is 24.3 Å². The smallest absolute Gasteiger partial charge is 0.119 e. The summed E-state index contributed by atoms with van der Waals surface area (Å²) in [6.45, 7) is 7.64. The Bertz CT molecular complexity index is 301. The largest absolute Gasteiger partial charge is 0.494 e. The van der Waals surface area contributed by atoms with E-state index in [0.29, 0.717) is 6.61 Å². The minimum absolute atomic E-state index is 0.113. The van der Waals surface area contributed by atoms with Gasteiger partial charge in [-0.3, -0.25) is 0 Å². The first-order valence-electron chi connectivity index (χ1n) is 5.77. The van der Waals surface area contributed by atoms with Crippen LogP contribution < -0.4 is 15.8 Å². The molecule has 0 aromatic heterocycles. The predicted octanol–water partition coefficient (Wildman–Crippen LogP) is 2.62. The molecule has 0 fully saturated rings. The second-order valence-electron chi connectivity index (χ2n) is 4.62. The van der Waals surface area contributed by atoms with Crippen LogP contribution in [0.5, 0.6) is 5.75 Å². The fraction of sp³-hybridized carbons (Fsp3) is 0.538. The van der Waals surface area contributed by atoms with E-state index in [4.69, 9.17) is 10.5 Å². The number of rotatable bonds is 6. The lowest BCUT2D eigenvalue weighted by Crippen LogP contribution is -2.34. The molecule has 0 radical (unpaired) electrons. The third kappa shape index (κ3) is 5.03. The Morgan fingerprint density at radius 1 is 1.25 bits per heavy atom. The van der Waals surface area contributed by atoms with E-state index in [1.165, 1.54) is 0 Å². The van der Waals surface area contributed by atoms with Gasteiger partial charge in [0.25, 0.3) is 0 Å². The molecule has 3 heteroatoms. The number of ether oxygens (including phenoxy) is 1. The lowest BCUT2D eigenvalue weighted by molar-refractivity contribution is 0.340. The second-order valence-corrected chi connectivity index (χ2v) is 4.62. The van der Waals surface area contributed by atoms with E-state index in [1.54, 1.807) is 0 Å². The van der Waals surface area contributed by atoms with Gasteiger partial charge in [0.2, 0.25) is 0 Å². The fourth-order valence-electron chi connectivity index (χ4n) is 1.36. The zero-order valence-corrected chi connectivity index (χ0v) is 10.4. The Labute approximate surface area is 98.0 Å². The van der Waals surface area contributed by atoms with Crippen molar-refractivity contribution < 1.29 is 4.74 Å². The first-order valence-corrected chi connectivity index (χ1v) is 5.77. The van der Waals surface area contributed by atoms with Crippen LogP contribution in [0.25, 0.3) is 0 Å². The zero-order valence-electron chi connectivity index (χ0n) is 10.4. The molecule has 3 nitrogen and oxygen atoms in total. The third-order valence-corrected chi connectivity index (χ3v) is 2.26. The molecule has 0 aliphatic heterocycles. The van der Waals surface area contributed by atoms with Gasteiger partial charge in [-0.1, -0.05) is 0 Å². The standard InChI is InChI=1S/C13H22N2O/c1-4-16-12-7-5-11(6-8-12)15-10-9-13(2,3)14/h5-8,15H,4,9-10,14H2,1-3H3. The summed E-state index contributed by atoms with van der Waals surface area (Å²) in [7, 11) is 0. The molecule has 0 saturated heterocycles. The Balaban J connectivity index is 2.37. The Morgan fingerprint density at radius 3 is 2.38 bits per heavy atom. The van der Waals surface area contributed by atoms with Gasteiger partial charge in [0.15, 0.2) is 0 Å². The van der Waals surface area contributed by atoms with Crippen molar-refractivity contribution in [3.05, 3.63) is 24.3 Å². The van der Waals surface area contributed by atoms with Gasteiger partial charge in [-0.2, -0.15) is 0 Å². The van der Waals surface area contributed by atoms with Crippen LogP contribution in [0.1, 0.15) is 27.2 Å². The summed E-state index contributed by atoms with van der Waals surface area (Å²) < 4.78 is 5.37. The number of hydrogen-bond acceptors (Lipinski definition) is 3. The molecule has 0 saturated carbocycles. The molecule has 1 aromatic rings. The first kappa shape index (κ1) is 12.8. The molecule has 1 rings (SSSR count). The van der Waals surface area contributed by atoms with Crippen LogP contribution in [-0.2, 0) is 0 Å². The van der Waals surface area contributed by atoms with Crippen molar-refractivity contribution in [1.29, 1.82) is 0 Å². The number of hydrogen-bond donors (Lipinski definition) is 2. The van der Waals surface area contributed by atoms with Gasteiger partial charge in [0.05, 0.1) is 6.61 Å². The Morgan fingerprint density at radius 2 is 1.88 bits per heavy atom. The van der Waals surface area contributed by atoms with Crippen LogP contribution in [-0.4, -0.2) is 18.7 Å². The molecule has 0 aliphatic carbocycles. The number of anilines is 1. The van der Waals surface area contributed by atoms with Crippen molar-refractivity contribution >= 4 is 5.69 Å². The summed E-state index contributed by atoms with van der Waals surface area (Å²) in [5.74, 6) is 0.909. The summed E-state index contributed by atoms with van der Waals surface area (Å²) >= 11 is 0. The van der Waals surface area contributed by atoms with Gasteiger partial charge >= 0.3 is 0 Å². The van der Waals surface area contributed by atoms with E-state index in [0.717, 1.165) is 24.4 Å². The molecule has 0 bridgehead atoms.